The number of phosphoric ester groups is 1. The van der Waals surface area contributed by atoms with E-state index in [1.807, 2.05) is 27.2 Å². The number of unbranched alkanes of at least 4 members (excludes halogenated alkanes) is 17. The van der Waals surface area contributed by atoms with Gasteiger partial charge in [0.1, 0.15) is 13.2 Å². The summed E-state index contributed by atoms with van der Waals surface area (Å²) < 4.78 is 23.5. The zero-order valence-electron chi connectivity index (χ0n) is 44.8. The normalized spacial score (nSPS) is 14.9. The van der Waals surface area contributed by atoms with Crippen molar-refractivity contribution in [3.05, 3.63) is 122 Å². The number of nitrogens with one attached hydrogen (secondary N) is 1. The fourth-order valence-electron chi connectivity index (χ4n) is 7.18. The molecule has 0 aliphatic heterocycles. The fourth-order valence-corrected chi connectivity index (χ4v) is 7.91. The average molecular weight is 980 g/mol. The summed E-state index contributed by atoms with van der Waals surface area (Å²) in [5.74, 6) is -0.199. The van der Waals surface area contributed by atoms with Gasteiger partial charge >= 0.3 is 7.82 Å². The molecule has 0 aromatic rings. The van der Waals surface area contributed by atoms with Gasteiger partial charge in [-0.3, -0.25) is 13.8 Å². The molecule has 0 saturated heterocycles. The number of rotatable bonds is 48. The highest BCUT2D eigenvalue weighted by molar-refractivity contribution is 7.47. The molecule has 0 radical (unpaired) electrons. The van der Waals surface area contributed by atoms with Gasteiger partial charge in [0.25, 0.3) is 0 Å². The van der Waals surface area contributed by atoms with Gasteiger partial charge in [0.2, 0.25) is 5.91 Å². The van der Waals surface area contributed by atoms with Gasteiger partial charge in [0.05, 0.1) is 39.9 Å². The van der Waals surface area contributed by atoms with Crippen molar-refractivity contribution in [1.82, 2.24) is 5.32 Å². The molecule has 0 aromatic heterocycles. The van der Waals surface area contributed by atoms with Crippen LogP contribution >= 0.6 is 7.82 Å². The number of phosphoric acid groups is 1. The number of carbonyl (C=O) groups is 1. The summed E-state index contributed by atoms with van der Waals surface area (Å²) >= 11 is 0. The van der Waals surface area contributed by atoms with Gasteiger partial charge < -0.3 is 19.8 Å². The van der Waals surface area contributed by atoms with Crippen LogP contribution in [0.1, 0.15) is 200 Å². The predicted molar refractivity (Wildman–Crippen MR) is 299 cm³/mol. The third kappa shape index (κ3) is 52.6. The maximum absolute atomic E-state index is 12.9. The molecule has 3 N–H and O–H groups in total. The third-order valence-corrected chi connectivity index (χ3v) is 12.4. The van der Waals surface area contributed by atoms with Crippen molar-refractivity contribution in [2.24, 2.45) is 0 Å². The highest BCUT2D eigenvalue weighted by atomic mass is 31.2. The van der Waals surface area contributed by atoms with Gasteiger partial charge in [0.15, 0.2) is 0 Å². The summed E-state index contributed by atoms with van der Waals surface area (Å²) in [5, 5.41) is 13.8. The minimum atomic E-state index is -4.35. The van der Waals surface area contributed by atoms with Crippen molar-refractivity contribution < 1.29 is 32.9 Å². The minimum absolute atomic E-state index is 0.0484. The molecule has 0 rings (SSSR count). The van der Waals surface area contributed by atoms with Crippen LogP contribution in [-0.4, -0.2) is 73.4 Å². The van der Waals surface area contributed by atoms with Crippen molar-refractivity contribution in [3.8, 4) is 0 Å². The lowest BCUT2D eigenvalue weighted by molar-refractivity contribution is -0.870. The third-order valence-electron chi connectivity index (χ3n) is 11.4. The first-order valence-electron chi connectivity index (χ1n) is 27.4. The average Bonchev–Trinajstić information content (AvgIpc) is 3.31. The van der Waals surface area contributed by atoms with Gasteiger partial charge in [-0.25, -0.2) is 4.57 Å². The minimum Gasteiger partial charge on any atom is -0.387 e. The number of hydrogen-bond acceptors (Lipinski definition) is 5. The second-order valence-electron chi connectivity index (χ2n) is 19.2. The topological polar surface area (TPSA) is 105 Å². The van der Waals surface area contributed by atoms with Crippen LogP contribution in [0.15, 0.2) is 122 Å². The molecule has 69 heavy (non-hydrogen) atoms. The summed E-state index contributed by atoms with van der Waals surface area (Å²) in [6.45, 7) is 4.52. The first-order chi connectivity index (χ1) is 33.5. The van der Waals surface area contributed by atoms with Crippen LogP contribution < -0.4 is 5.32 Å². The van der Waals surface area contributed by atoms with Crippen LogP contribution in [0.3, 0.4) is 0 Å². The van der Waals surface area contributed by atoms with Crippen LogP contribution in [0.5, 0.6) is 0 Å². The summed E-state index contributed by atoms with van der Waals surface area (Å²) in [4.78, 5) is 23.2. The standard InChI is InChI=1S/C60H103N2O6P/c1-6-8-10-12-14-16-18-19-20-21-22-23-24-25-26-27-28-29-30-31-32-33-34-35-36-37-38-39-40-41-42-43-44-46-48-50-52-54-60(64)61-58(57-68-69(65,66)67-56-55-62(3,4)5)59(63)53-51-49-47-45-17-15-13-11-9-7-2/h8-11,14,16-17,19-20,22-23,25-26,28-29,31-32,45,51,53,58-59,63H,6-7,12-13,15,18,21,24,27,30,33-44,46-50,52,54-57H2,1-5H3,(H-,61,64,65,66)/p+1/b10-8-,11-9+,16-14-,20-19-,23-22-,26-25-,29-28-,32-31-,45-17+,53-51+. The number of amides is 1. The highest BCUT2D eigenvalue weighted by Gasteiger charge is 2.27. The van der Waals surface area contributed by atoms with E-state index < -0.39 is 20.0 Å². The second kappa shape index (κ2) is 49.9. The fraction of sp³-hybridized carbons (Fsp3) is 0.650. The Balaban J connectivity index is 4.01. The Morgan fingerprint density at radius 1 is 0.493 bits per heavy atom. The predicted octanol–water partition coefficient (Wildman–Crippen LogP) is 16.6. The van der Waals surface area contributed by atoms with Crippen LogP contribution in [0.2, 0.25) is 0 Å². The molecule has 0 fully saturated rings. The molecule has 3 unspecified atom stereocenters. The lowest BCUT2D eigenvalue weighted by Crippen LogP contribution is -2.45. The SMILES string of the molecule is CC/C=C\C/C=C\C/C=C\C/C=C\C/C=C\C/C=C\C/C=C\CCCCCCCCCCCCCCCCCC(=O)NC(COP(=O)(O)OCC[N+](C)(C)C)C(O)/C=C/CC/C=C/CC/C=C/CC. The van der Waals surface area contributed by atoms with E-state index in [1.165, 1.54) is 83.5 Å². The highest BCUT2D eigenvalue weighted by Crippen LogP contribution is 2.43. The van der Waals surface area contributed by atoms with Gasteiger partial charge in [-0.05, 0) is 96.3 Å². The molecule has 0 bridgehead atoms. The number of likely N-dealkylation sites (N-methyl/N-ethyl adjacent to an activating group) is 1. The number of quaternary nitrogens is 1. The molecule has 3 atom stereocenters. The van der Waals surface area contributed by atoms with Crippen molar-refractivity contribution in [1.29, 1.82) is 0 Å². The molecule has 0 aliphatic rings. The number of nitrogens with zero attached hydrogens (tertiary/aromatic N) is 1. The number of aliphatic hydroxyl groups is 1. The maximum atomic E-state index is 12.9. The van der Waals surface area contributed by atoms with E-state index >= 15 is 0 Å². The summed E-state index contributed by atoms with van der Waals surface area (Å²) in [6, 6.07) is -0.874. The molecule has 9 heteroatoms. The number of allylic oxidation sites excluding steroid dienone is 19. The Kier molecular flexibility index (Phi) is 47.6. The van der Waals surface area contributed by atoms with E-state index in [4.69, 9.17) is 9.05 Å². The monoisotopic (exact) mass is 980 g/mol. The Morgan fingerprint density at radius 2 is 0.841 bits per heavy atom. The van der Waals surface area contributed by atoms with Crippen molar-refractivity contribution in [3.63, 3.8) is 0 Å². The number of aliphatic hydroxyl groups excluding tert-OH is 1. The van der Waals surface area contributed by atoms with E-state index in [0.29, 0.717) is 17.4 Å². The Morgan fingerprint density at radius 3 is 1.28 bits per heavy atom. The molecular weight excluding hydrogens is 876 g/mol. The van der Waals surface area contributed by atoms with Gasteiger partial charge in [-0.1, -0.05) is 219 Å². The van der Waals surface area contributed by atoms with Gasteiger partial charge in [-0.2, -0.15) is 0 Å². The van der Waals surface area contributed by atoms with Crippen LogP contribution in [0.25, 0.3) is 0 Å². The molecule has 0 aromatic carbocycles. The zero-order valence-corrected chi connectivity index (χ0v) is 45.6. The molecule has 1 amide bonds. The van der Waals surface area contributed by atoms with Crippen LogP contribution in [0.4, 0.5) is 0 Å². The first-order valence-corrected chi connectivity index (χ1v) is 28.9. The van der Waals surface area contributed by atoms with Crippen LogP contribution in [0, 0.1) is 0 Å². The Hall–Kier alpha value is -3.10. The van der Waals surface area contributed by atoms with Crippen molar-refractivity contribution >= 4 is 13.7 Å². The molecule has 394 valence electrons. The van der Waals surface area contributed by atoms with Crippen LogP contribution in [-0.2, 0) is 18.4 Å². The van der Waals surface area contributed by atoms with Gasteiger partial charge in [0, 0.05) is 6.42 Å². The maximum Gasteiger partial charge on any atom is 0.472 e. The second-order valence-corrected chi connectivity index (χ2v) is 20.6. The molecular formula is C60H104N2O6P+. The molecule has 0 heterocycles. The van der Waals surface area contributed by atoms with Gasteiger partial charge in [-0.15, -0.1) is 0 Å². The van der Waals surface area contributed by atoms with E-state index in [-0.39, 0.29) is 19.1 Å². The number of hydrogen-bond donors (Lipinski definition) is 3. The Labute approximate surface area is 424 Å². The Bertz CT molecular complexity index is 1530. The van der Waals surface area contributed by atoms with E-state index in [1.54, 1.807) is 6.08 Å². The van der Waals surface area contributed by atoms with E-state index in [9.17, 15) is 19.4 Å². The van der Waals surface area contributed by atoms with Crippen molar-refractivity contribution in [2.75, 3.05) is 40.9 Å². The largest absolute Gasteiger partial charge is 0.472 e. The zero-order chi connectivity index (χ0) is 50.6. The first kappa shape index (κ1) is 65.9. The quantitative estimate of drug-likeness (QED) is 0.0243. The summed E-state index contributed by atoms with van der Waals surface area (Å²) in [6.07, 6.45) is 74.7. The van der Waals surface area contributed by atoms with E-state index in [0.717, 1.165) is 96.3 Å². The number of carbonyl (C=O) groups excluding carboxylic acids is 1. The molecule has 0 saturated carbocycles. The smallest absolute Gasteiger partial charge is 0.387 e. The molecule has 0 aliphatic carbocycles. The van der Waals surface area contributed by atoms with Crippen molar-refractivity contribution in [2.45, 2.75) is 212 Å². The lowest BCUT2D eigenvalue weighted by atomic mass is 10.0. The van der Waals surface area contributed by atoms with E-state index in [2.05, 4.69) is 129 Å². The summed E-state index contributed by atoms with van der Waals surface area (Å²) in [5.41, 5.74) is 0. The lowest BCUT2D eigenvalue weighted by Gasteiger charge is -2.25. The molecule has 0 spiro atoms. The summed E-state index contributed by atoms with van der Waals surface area (Å²) in [7, 11) is 1.53. The molecule has 8 nitrogen and oxygen atoms in total.